The van der Waals surface area contributed by atoms with Gasteiger partial charge in [0, 0.05) is 17.1 Å². The van der Waals surface area contributed by atoms with Gasteiger partial charge < -0.3 is 15.6 Å². The molecule has 24 heavy (non-hydrogen) atoms. The molecule has 0 saturated heterocycles. The van der Waals surface area contributed by atoms with Crippen LogP contribution in [0.2, 0.25) is 5.02 Å². The standard InChI is InChI=1S/C15H13ClN4O3S/c1-24-15-19-12-11(14(23)20-15)9(6-10(21)18-12)13(22)17-8-4-2-7(16)3-5-8/h2-5,9H,6H2,1H3,(H,17,22)(H2,18,19,20,21,23). The molecule has 124 valence electrons. The molecule has 1 aromatic carbocycles. The third kappa shape index (κ3) is 3.29. The molecule has 9 heteroatoms. The van der Waals surface area contributed by atoms with Gasteiger partial charge in [0.1, 0.15) is 5.82 Å². The molecule has 2 amide bonds. The number of nitrogens with one attached hydrogen (secondary N) is 3. The Balaban J connectivity index is 1.94. The first-order valence-electron chi connectivity index (χ1n) is 7.02. The van der Waals surface area contributed by atoms with E-state index < -0.39 is 17.4 Å². The molecule has 3 N–H and O–H groups in total. The van der Waals surface area contributed by atoms with Crippen molar-refractivity contribution < 1.29 is 9.59 Å². The predicted octanol–water partition coefficient (Wildman–Crippen LogP) is 2.21. The second-order valence-corrected chi connectivity index (χ2v) is 6.37. The van der Waals surface area contributed by atoms with E-state index >= 15 is 0 Å². The number of thioether (sulfide) groups is 1. The number of nitrogens with zero attached hydrogens (tertiary/aromatic N) is 1. The average Bonchev–Trinajstić information content (AvgIpc) is 2.55. The summed E-state index contributed by atoms with van der Waals surface area (Å²) in [5.74, 6) is -1.58. The monoisotopic (exact) mass is 364 g/mol. The molecule has 0 aliphatic carbocycles. The zero-order valence-electron chi connectivity index (χ0n) is 12.6. The molecule has 1 aliphatic heterocycles. The SMILES string of the molecule is CSc1nc2c(c(=O)[nH]1)C(C(=O)Nc1ccc(Cl)cc1)CC(=O)N2. The second-order valence-electron chi connectivity index (χ2n) is 5.14. The Morgan fingerprint density at radius 3 is 2.71 bits per heavy atom. The van der Waals surface area contributed by atoms with Crippen LogP contribution in [0.3, 0.4) is 0 Å². The third-order valence-electron chi connectivity index (χ3n) is 3.55. The molecule has 1 unspecified atom stereocenters. The van der Waals surface area contributed by atoms with E-state index in [0.717, 1.165) is 0 Å². The van der Waals surface area contributed by atoms with Crippen LogP contribution in [0.5, 0.6) is 0 Å². The fourth-order valence-corrected chi connectivity index (χ4v) is 2.94. The van der Waals surface area contributed by atoms with Crippen molar-refractivity contribution in [2.45, 2.75) is 17.5 Å². The third-order valence-corrected chi connectivity index (χ3v) is 4.38. The number of H-pyrrole nitrogens is 1. The largest absolute Gasteiger partial charge is 0.326 e. The van der Waals surface area contributed by atoms with Gasteiger partial charge in [-0.05, 0) is 30.5 Å². The van der Waals surface area contributed by atoms with Crippen LogP contribution in [0.4, 0.5) is 11.5 Å². The van der Waals surface area contributed by atoms with Crippen LogP contribution >= 0.6 is 23.4 Å². The summed E-state index contributed by atoms with van der Waals surface area (Å²) >= 11 is 7.05. The second kappa shape index (κ2) is 6.66. The summed E-state index contributed by atoms with van der Waals surface area (Å²) in [6.45, 7) is 0. The normalized spacial score (nSPS) is 16.2. The summed E-state index contributed by atoms with van der Waals surface area (Å²) in [6.07, 6.45) is 1.63. The van der Waals surface area contributed by atoms with Crippen molar-refractivity contribution in [2.75, 3.05) is 16.9 Å². The lowest BCUT2D eigenvalue weighted by Gasteiger charge is -2.23. The van der Waals surface area contributed by atoms with E-state index in [9.17, 15) is 14.4 Å². The molecule has 1 aromatic heterocycles. The Morgan fingerprint density at radius 2 is 2.04 bits per heavy atom. The highest BCUT2D eigenvalue weighted by atomic mass is 35.5. The first kappa shape index (κ1) is 16.5. The summed E-state index contributed by atoms with van der Waals surface area (Å²) in [7, 11) is 0. The minimum atomic E-state index is -0.906. The number of aromatic amines is 1. The number of carbonyl (C=O) groups excluding carboxylic acids is 2. The van der Waals surface area contributed by atoms with E-state index in [0.29, 0.717) is 15.9 Å². The van der Waals surface area contributed by atoms with E-state index in [2.05, 4.69) is 20.6 Å². The van der Waals surface area contributed by atoms with Gasteiger partial charge in [0.15, 0.2) is 5.16 Å². The topological polar surface area (TPSA) is 104 Å². The maximum Gasteiger partial charge on any atom is 0.257 e. The number of anilines is 2. The van der Waals surface area contributed by atoms with Gasteiger partial charge in [-0.2, -0.15) is 0 Å². The summed E-state index contributed by atoms with van der Waals surface area (Å²) in [5, 5.41) is 6.16. The maximum atomic E-state index is 12.6. The summed E-state index contributed by atoms with van der Waals surface area (Å²) in [4.78, 5) is 43.5. The Morgan fingerprint density at radius 1 is 1.33 bits per heavy atom. The zero-order valence-corrected chi connectivity index (χ0v) is 14.1. The molecular weight excluding hydrogens is 352 g/mol. The molecule has 3 rings (SSSR count). The number of hydrogen-bond donors (Lipinski definition) is 3. The number of hydrogen-bond acceptors (Lipinski definition) is 5. The quantitative estimate of drug-likeness (QED) is 0.572. The molecule has 1 atom stereocenters. The highest BCUT2D eigenvalue weighted by molar-refractivity contribution is 7.98. The van der Waals surface area contributed by atoms with Gasteiger partial charge in [0.25, 0.3) is 5.56 Å². The summed E-state index contributed by atoms with van der Waals surface area (Å²) in [5.41, 5.74) is 0.265. The molecule has 2 aromatic rings. The lowest BCUT2D eigenvalue weighted by Crippen LogP contribution is -2.36. The zero-order chi connectivity index (χ0) is 17.3. The number of benzene rings is 1. The summed E-state index contributed by atoms with van der Waals surface area (Å²) < 4.78 is 0. The Kier molecular flexibility index (Phi) is 4.59. The first-order valence-corrected chi connectivity index (χ1v) is 8.62. The maximum absolute atomic E-state index is 12.6. The molecule has 0 radical (unpaired) electrons. The summed E-state index contributed by atoms with van der Waals surface area (Å²) in [6, 6.07) is 6.56. The van der Waals surface area contributed by atoms with Gasteiger partial charge in [-0.15, -0.1) is 0 Å². The van der Waals surface area contributed by atoms with Crippen molar-refractivity contribution >= 4 is 46.7 Å². The molecule has 7 nitrogen and oxygen atoms in total. The van der Waals surface area contributed by atoms with Gasteiger partial charge in [-0.25, -0.2) is 4.98 Å². The number of fused-ring (bicyclic) bond motifs is 1. The van der Waals surface area contributed by atoms with Crippen LogP contribution in [-0.4, -0.2) is 28.0 Å². The first-order chi connectivity index (χ1) is 11.5. The highest BCUT2D eigenvalue weighted by Crippen LogP contribution is 2.30. The van der Waals surface area contributed by atoms with Crippen molar-refractivity contribution in [3.8, 4) is 0 Å². The van der Waals surface area contributed by atoms with Crippen molar-refractivity contribution in [1.82, 2.24) is 9.97 Å². The molecule has 0 saturated carbocycles. The molecule has 0 spiro atoms. The Labute approximate surface area is 146 Å². The predicted molar refractivity (Wildman–Crippen MR) is 92.7 cm³/mol. The van der Waals surface area contributed by atoms with Crippen LogP contribution in [0.15, 0.2) is 34.2 Å². The molecule has 0 fully saturated rings. The fourth-order valence-electron chi connectivity index (χ4n) is 2.43. The minimum absolute atomic E-state index is 0.115. The Bertz CT molecular complexity index is 866. The van der Waals surface area contributed by atoms with Crippen molar-refractivity contribution in [1.29, 1.82) is 0 Å². The van der Waals surface area contributed by atoms with Crippen LogP contribution in [-0.2, 0) is 9.59 Å². The van der Waals surface area contributed by atoms with Crippen LogP contribution in [0, 0.1) is 0 Å². The van der Waals surface area contributed by atoms with E-state index in [1.54, 1.807) is 30.5 Å². The van der Waals surface area contributed by atoms with Crippen molar-refractivity contribution in [3.05, 3.63) is 45.2 Å². The fraction of sp³-hybridized carbons (Fsp3) is 0.200. The Hall–Kier alpha value is -2.32. The van der Waals surface area contributed by atoms with Crippen LogP contribution in [0.1, 0.15) is 17.9 Å². The van der Waals surface area contributed by atoms with Crippen LogP contribution in [0.25, 0.3) is 0 Å². The van der Waals surface area contributed by atoms with E-state index in [1.807, 2.05) is 0 Å². The van der Waals surface area contributed by atoms with Gasteiger partial charge in [-0.1, -0.05) is 23.4 Å². The molecule has 1 aliphatic rings. The van der Waals surface area contributed by atoms with Crippen molar-refractivity contribution in [3.63, 3.8) is 0 Å². The van der Waals surface area contributed by atoms with E-state index in [4.69, 9.17) is 11.6 Å². The highest BCUT2D eigenvalue weighted by Gasteiger charge is 2.34. The average molecular weight is 365 g/mol. The van der Waals surface area contributed by atoms with Crippen LogP contribution < -0.4 is 16.2 Å². The lowest BCUT2D eigenvalue weighted by molar-refractivity contribution is -0.123. The van der Waals surface area contributed by atoms with Crippen molar-refractivity contribution in [2.24, 2.45) is 0 Å². The lowest BCUT2D eigenvalue weighted by atomic mass is 9.92. The number of amides is 2. The molecule has 0 bridgehead atoms. The smallest absolute Gasteiger partial charge is 0.257 e. The number of rotatable bonds is 3. The number of halogens is 1. The number of aromatic nitrogens is 2. The van der Waals surface area contributed by atoms with E-state index in [-0.39, 0.29) is 23.7 Å². The number of carbonyl (C=O) groups is 2. The van der Waals surface area contributed by atoms with Gasteiger partial charge in [-0.3, -0.25) is 14.4 Å². The van der Waals surface area contributed by atoms with Gasteiger partial charge in [0.2, 0.25) is 11.8 Å². The minimum Gasteiger partial charge on any atom is -0.326 e. The van der Waals surface area contributed by atoms with Gasteiger partial charge >= 0.3 is 0 Å². The molecular formula is C15H13ClN4O3S. The molecule has 2 heterocycles. The van der Waals surface area contributed by atoms with E-state index in [1.165, 1.54) is 11.8 Å². The van der Waals surface area contributed by atoms with Gasteiger partial charge in [0.05, 0.1) is 11.5 Å².